The lowest BCUT2D eigenvalue weighted by molar-refractivity contribution is 0.583. The van der Waals surface area contributed by atoms with Crippen LogP contribution in [0.15, 0.2) is 29.6 Å². The summed E-state index contributed by atoms with van der Waals surface area (Å²) in [6.45, 7) is 2.45. The van der Waals surface area contributed by atoms with E-state index in [-0.39, 0.29) is 10.2 Å². The zero-order valence-corrected chi connectivity index (χ0v) is 13.4. The van der Waals surface area contributed by atoms with Gasteiger partial charge < -0.3 is 4.57 Å². The number of hydrogen-bond donors (Lipinski definition) is 0. The first-order valence-electron chi connectivity index (χ1n) is 6.70. The number of aromatic nitrogens is 2. The lowest BCUT2D eigenvalue weighted by Crippen LogP contribution is -2.35. The molecule has 7 heteroatoms. The van der Waals surface area contributed by atoms with Crippen LogP contribution in [0.3, 0.4) is 0 Å². The number of aryl methyl sites for hydroxylation is 3. The van der Waals surface area contributed by atoms with Crippen molar-refractivity contribution in [1.29, 1.82) is 0 Å². The van der Waals surface area contributed by atoms with Crippen LogP contribution in [-0.4, -0.2) is 24.5 Å². The summed E-state index contributed by atoms with van der Waals surface area (Å²) in [5.74, 6) is 0. The molecule has 21 heavy (non-hydrogen) atoms. The molecule has 0 radical (unpaired) electrons. The van der Waals surface area contributed by atoms with Gasteiger partial charge in [0.2, 0.25) is 5.03 Å². The largest absolute Gasteiger partial charge is 0.324 e. The quantitative estimate of drug-likeness (QED) is 0.852. The fraction of sp³-hybridized carbons (Fsp3) is 0.357. The predicted molar refractivity (Wildman–Crippen MR) is 82.2 cm³/mol. The molecular weight excluding hydrogens is 310 g/mol. The van der Waals surface area contributed by atoms with Crippen LogP contribution in [0.2, 0.25) is 5.15 Å². The Morgan fingerprint density at radius 1 is 1.33 bits per heavy atom. The Hall–Kier alpha value is -1.53. The van der Waals surface area contributed by atoms with Gasteiger partial charge in [-0.3, -0.25) is 4.31 Å². The Bertz CT molecular complexity index is 799. The van der Waals surface area contributed by atoms with E-state index in [1.165, 1.54) is 15.2 Å². The third kappa shape index (κ3) is 2.32. The van der Waals surface area contributed by atoms with Gasteiger partial charge in [0, 0.05) is 13.6 Å². The van der Waals surface area contributed by atoms with E-state index in [4.69, 9.17) is 11.6 Å². The van der Waals surface area contributed by atoms with Crippen LogP contribution in [0.4, 0.5) is 5.69 Å². The molecule has 2 heterocycles. The predicted octanol–water partition coefficient (Wildman–Crippen LogP) is 2.52. The van der Waals surface area contributed by atoms with Crippen LogP contribution in [0.25, 0.3) is 0 Å². The Morgan fingerprint density at radius 2 is 2.10 bits per heavy atom. The minimum Gasteiger partial charge on any atom is -0.324 e. The molecule has 2 aromatic rings. The van der Waals surface area contributed by atoms with Crippen molar-refractivity contribution in [3.63, 3.8) is 0 Å². The van der Waals surface area contributed by atoms with Crippen molar-refractivity contribution in [1.82, 2.24) is 9.55 Å². The molecule has 5 nitrogen and oxygen atoms in total. The number of halogens is 1. The topological polar surface area (TPSA) is 55.2 Å². The Morgan fingerprint density at radius 3 is 2.76 bits per heavy atom. The van der Waals surface area contributed by atoms with Crippen molar-refractivity contribution in [3.05, 3.63) is 40.8 Å². The third-order valence-electron chi connectivity index (χ3n) is 3.68. The maximum absolute atomic E-state index is 12.8. The molecule has 3 rings (SSSR count). The minimum atomic E-state index is -3.73. The van der Waals surface area contributed by atoms with Crippen LogP contribution in [-0.2, 0) is 23.5 Å². The van der Waals surface area contributed by atoms with Gasteiger partial charge in [0.1, 0.15) is 5.15 Å². The van der Waals surface area contributed by atoms with Crippen molar-refractivity contribution in [2.24, 2.45) is 7.05 Å². The van der Waals surface area contributed by atoms with Crippen molar-refractivity contribution in [3.8, 4) is 0 Å². The van der Waals surface area contributed by atoms with E-state index in [2.05, 4.69) is 4.98 Å². The Labute approximate surface area is 129 Å². The molecule has 0 unspecified atom stereocenters. The molecule has 1 aliphatic heterocycles. The molecule has 0 spiro atoms. The second-order valence-electron chi connectivity index (χ2n) is 5.26. The van der Waals surface area contributed by atoms with E-state index in [0.717, 1.165) is 29.7 Å². The molecule has 1 aliphatic rings. The second-order valence-corrected chi connectivity index (χ2v) is 7.40. The van der Waals surface area contributed by atoms with Crippen molar-refractivity contribution in [2.75, 3.05) is 10.8 Å². The lowest BCUT2D eigenvalue weighted by Gasteiger charge is -2.30. The molecule has 0 N–H and O–H groups in total. The fourth-order valence-electron chi connectivity index (χ4n) is 2.61. The average Bonchev–Trinajstić information content (AvgIpc) is 2.78. The highest BCUT2D eigenvalue weighted by Gasteiger charge is 2.33. The van der Waals surface area contributed by atoms with E-state index in [1.54, 1.807) is 7.05 Å². The smallest absolute Gasteiger partial charge is 0.284 e. The molecule has 0 aliphatic carbocycles. The van der Waals surface area contributed by atoms with Crippen LogP contribution in [0.1, 0.15) is 17.5 Å². The van der Waals surface area contributed by atoms with Gasteiger partial charge in [-0.1, -0.05) is 29.3 Å². The van der Waals surface area contributed by atoms with Gasteiger partial charge in [0.05, 0.1) is 12.0 Å². The number of benzene rings is 1. The summed E-state index contributed by atoms with van der Waals surface area (Å²) < 4.78 is 28.6. The summed E-state index contributed by atoms with van der Waals surface area (Å²) >= 11 is 6.06. The normalized spacial score (nSPS) is 15.1. The van der Waals surface area contributed by atoms with E-state index < -0.39 is 10.0 Å². The van der Waals surface area contributed by atoms with Gasteiger partial charge in [0.15, 0.2) is 0 Å². The number of sulfonamides is 1. The van der Waals surface area contributed by atoms with Crippen molar-refractivity contribution in [2.45, 2.75) is 24.8 Å². The molecular formula is C14H16ClN3O2S. The molecule has 1 aromatic carbocycles. The maximum Gasteiger partial charge on any atom is 0.284 e. The Kier molecular flexibility index (Phi) is 3.45. The lowest BCUT2D eigenvalue weighted by atomic mass is 10.0. The van der Waals surface area contributed by atoms with E-state index >= 15 is 0 Å². The van der Waals surface area contributed by atoms with Crippen LogP contribution in [0.5, 0.6) is 0 Å². The van der Waals surface area contributed by atoms with E-state index in [9.17, 15) is 8.42 Å². The molecule has 0 amide bonds. The molecule has 0 saturated carbocycles. The summed E-state index contributed by atoms with van der Waals surface area (Å²) in [5, 5.41) is 0.0503. The molecule has 1 aromatic heterocycles. The van der Waals surface area contributed by atoms with Gasteiger partial charge in [-0.2, -0.15) is 8.42 Å². The molecule has 112 valence electrons. The van der Waals surface area contributed by atoms with Gasteiger partial charge in [-0.25, -0.2) is 4.98 Å². The molecule has 0 bridgehead atoms. The van der Waals surface area contributed by atoms with Crippen LogP contribution in [0, 0.1) is 6.92 Å². The summed E-state index contributed by atoms with van der Waals surface area (Å²) in [6.07, 6.45) is 3.09. The number of rotatable bonds is 2. The summed E-state index contributed by atoms with van der Waals surface area (Å²) in [4.78, 5) is 3.95. The summed E-state index contributed by atoms with van der Waals surface area (Å²) in [5.41, 5.74) is 2.91. The van der Waals surface area contributed by atoms with Gasteiger partial charge in [-0.15, -0.1) is 0 Å². The first-order valence-corrected chi connectivity index (χ1v) is 8.52. The number of anilines is 1. The maximum atomic E-state index is 12.8. The SMILES string of the molecule is Cc1ccc2c(c1)CCCN2S(=O)(=O)c1ncn(C)c1Cl. The van der Waals surface area contributed by atoms with Crippen LogP contribution < -0.4 is 4.31 Å². The molecule has 0 atom stereocenters. The summed E-state index contributed by atoms with van der Waals surface area (Å²) in [7, 11) is -2.06. The first-order chi connectivity index (χ1) is 9.91. The van der Waals surface area contributed by atoms with Crippen molar-refractivity contribution >= 4 is 27.3 Å². The average molecular weight is 326 g/mol. The van der Waals surface area contributed by atoms with Crippen molar-refractivity contribution < 1.29 is 8.42 Å². The first kappa shape index (κ1) is 14.4. The number of hydrogen-bond acceptors (Lipinski definition) is 3. The fourth-order valence-corrected chi connectivity index (χ4v) is 4.55. The highest BCUT2D eigenvalue weighted by Crippen LogP contribution is 2.33. The second kappa shape index (κ2) is 5.03. The van der Waals surface area contributed by atoms with E-state index in [0.29, 0.717) is 6.54 Å². The highest BCUT2D eigenvalue weighted by atomic mass is 35.5. The minimum absolute atomic E-state index is 0.0832. The third-order valence-corrected chi connectivity index (χ3v) is 5.98. The monoisotopic (exact) mass is 325 g/mol. The van der Waals surface area contributed by atoms with Crippen LogP contribution >= 0.6 is 11.6 Å². The van der Waals surface area contributed by atoms with Gasteiger partial charge in [0.25, 0.3) is 10.0 Å². The highest BCUT2D eigenvalue weighted by molar-refractivity contribution is 7.92. The number of nitrogens with zero attached hydrogens (tertiary/aromatic N) is 3. The zero-order chi connectivity index (χ0) is 15.2. The Balaban J connectivity index is 2.12. The zero-order valence-electron chi connectivity index (χ0n) is 11.9. The molecule has 0 fully saturated rings. The van der Waals surface area contributed by atoms with E-state index in [1.807, 2.05) is 25.1 Å². The number of imidazole rings is 1. The summed E-state index contributed by atoms with van der Waals surface area (Å²) in [6, 6.07) is 5.82. The molecule has 0 saturated heterocycles. The van der Waals surface area contributed by atoms with Gasteiger partial charge in [-0.05, 0) is 31.4 Å². The number of fused-ring (bicyclic) bond motifs is 1. The standard InChI is InChI=1S/C14H16ClN3O2S/c1-10-5-6-12-11(8-10)4-3-7-18(12)21(19,20)14-13(15)17(2)9-16-14/h5-6,8-9H,3-4,7H2,1-2H3. The van der Waals surface area contributed by atoms with Gasteiger partial charge >= 0.3 is 0 Å².